The molecule has 3 aromatic heterocycles. The Labute approximate surface area is 187 Å². The van der Waals surface area contributed by atoms with E-state index in [-0.39, 0.29) is 22.8 Å². The van der Waals surface area contributed by atoms with Crippen LogP contribution in [0.25, 0.3) is 11.2 Å². The highest BCUT2D eigenvalue weighted by atomic mass is 16.2. The fourth-order valence-electron chi connectivity index (χ4n) is 2.81. The standard InChI is InChI=1S/C13H18N4O3.C7H7NO.C3H8/c1-9(18)6-4-5-7-17-12(19)10-11(14-8-15(10)2)16(3)13(17)20;1-6(9)7-3-2-4-8-5-7;1-3-2/h8H,4-7H2,1-3H3;2-5H,1H3;3H2,1-2H3. The van der Waals surface area contributed by atoms with Gasteiger partial charge in [-0.2, -0.15) is 0 Å². The number of aryl methyl sites for hydroxylation is 2. The van der Waals surface area contributed by atoms with Gasteiger partial charge in [0.15, 0.2) is 16.9 Å². The van der Waals surface area contributed by atoms with Crippen LogP contribution in [0.3, 0.4) is 0 Å². The number of hydrogen-bond donors (Lipinski definition) is 0. The van der Waals surface area contributed by atoms with Crippen LogP contribution in [-0.2, 0) is 25.4 Å². The summed E-state index contributed by atoms with van der Waals surface area (Å²) < 4.78 is 4.20. The number of unbranched alkanes of at least 4 members (excludes halogenated alkanes) is 1. The minimum Gasteiger partial charge on any atom is -0.328 e. The molecule has 9 heteroatoms. The number of rotatable bonds is 6. The maximum absolute atomic E-state index is 12.3. The zero-order valence-electron chi connectivity index (χ0n) is 19.8. The molecule has 0 fully saturated rings. The van der Waals surface area contributed by atoms with Gasteiger partial charge in [0.25, 0.3) is 5.56 Å². The van der Waals surface area contributed by atoms with Crippen molar-refractivity contribution in [3.63, 3.8) is 0 Å². The van der Waals surface area contributed by atoms with Gasteiger partial charge >= 0.3 is 5.69 Å². The van der Waals surface area contributed by atoms with E-state index in [0.29, 0.717) is 42.5 Å². The van der Waals surface area contributed by atoms with Gasteiger partial charge in [-0.3, -0.25) is 23.7 Å². The summed E-state index contributed by atoms with van der Waals surface area (Å²) in [5.74, 6) is 0.176. The molecule has 0 bridgehead atoms. The number of fused-ring (bicyclic) bond motifs is 1. The second-order valence-electron chi connectivity index (χ2n) is 7.49. The maximum Gasteiger partial charge on any atom is 0.332 e. The fourth-order valence-corrected chi connectivity index (χ4v) is 2.81. The van der Waals surface area contributed by atoms with E-state index in [4.69, 9.17) is 0 Å². The monoisotopic (exact) mass is 443 g/mol. The van der Waals surface area contributed by atoms with Crippen LogP contribution in [0, 0.1) is 0 Å². The van der Waals surface area contributed by atoms with Gasteiger partial charge < -0.3 is 9.36 Å². The zero-order chi connectivity index (χ0) is 24.3. The Balaban J connectivity index is 0.000000354. The summed E-state index contributed by atoms with van der Waals surface area (Å²) in [7, 11) is 3.32. The van der Waals surface area contributed by atoms with E-state index >= 15 is 0 Å². The highest BCUT2D eigenvalue weighted by molar-refractivity contribution is 5.93. The van der Waals surface area contributed by atoms with E-state index in [1.54, 1.807) is 43.2 Å². The van der Waals surface area contributed by atoms with E-state index in [9.17, 15) is 19.2 Å². The molecule has 32 heavy (non-hydrogen) atoms. The molecule has 0 N–H and O–H groups in total. The summed E-state index contributed by atoms with van der Waals surface area (Å²) in [5.41, 5.74) is 0.772. The number of imidazole rings is 1. The van der Waals surface area contributed by atoms with Crippen molar-refractivity contribution in [2.75, 3.05) is 0 Å². The fraction of sp³-hybridized carbons (Fsp3) is 0.478. The average molecular weight is 444 g/mol. The number of Topliss-reactive ketones (excluding diaryl/α,β-unsaturated/α-hetero) is 2. The lowest BCUT2D eigenvalue weighted by molar-refractivity contribution is -0.117. The maximum atomic E-state index is 12.3. The van der Waals surface area contributed by atoms with Crippen molar-refractivity contribution in [1.29, 1.82) is 0 Å². The molecule has 0 atom stereocenters. The molecule has 0 saturated carbocycles. The van der Waals surface area contributed by atoms with Crippen LogP contribution in [0.5, 0.6) is 0 Å². The summed E-state index contributed by atoms with van der Waals surface area (Å²) >= 11 is 0. The van der Waals surface area contributed by atoms with Gasteiger partial charge in [-0.25, -0.2) is 9.78 Å². The Morgan fingerprint density at radius 2 is 1.72 bits per heavy atom. The number of ketones is 2. The van der Waals surface area contributed by atoms with Crippen LogP contribution >= 0.6 is 0 Å². The van der Waals surface area contributed by atoms with Crippen molar-refractivity contribution in [2.45, 2.75) is 59.9 Å². The molecule has 0 radical (unpaired) electrons. The second-order valence-corrected chi connectivity index (χ2v) is 7.49. The Hall–Kier alpha value is -3.36. The van der Waals surface area contributed by atoms with E-state index in [2.05, 4.69) is 23.8 Å². The Bertz CT molecular complexity index is 1140. The van der Waals surface area contributed by atoms with Crippen LogP contribution < -0.4 is 11.2 Å². The second kappa shape index (κ2) is 13.1. The summed E-state index contributed by atoms with van der Waals surface area (Å²) in [4.78, 5) is 53.8. The van der Waals surface area contributed by atoms with E-state index in [1.807, 2.05) is 0 Å². The van der Waals surface area contributed by atoms with Crippen LogP contribution in [-0.4, -0.2) is 35.2 Å². The molecule has 0 unspecified atom stereocenters. The smallest absolute Gasteiger partial charge is 0.328 e. The first kappa shape index (κ1) is 26.7. The van der Waals surface area contributed by atoms with Gasteiger partial charge in [-0.1, -0.05) is 20.3 Å². The molecule has 9 nitrogen and oxygen atoms in total. The third-order valence-electron chi connectivity index (χ3n) is 4.43. The first-order valence-electron chi connectivity index (χ1n) is 10.7. The number of carbonyl (C=O) groups is 2. The lowest BCUT2D eigenvalue weighted by atomic mass is 10.2. The molecule has 0 aliphatic heterocycles. The SMILES string of the molecule is CC(=O)CCCCn1c(=O)c2c(ncn2C)n(C)c1=O.CC(=O)c1cccnc1.CCC. The lowest BCUT2D eigenvalue weighted by Gasteiger charge is -2.08. The van der Waals surface area contributed by atoms with Gasteiger partial charge in [-0.05, 0) is 38.8 Å². The van der Waals surface area contributed by atoms with Crippen LogP contribution in [0.15, 0.2) is 40.4 Å². The highest BCUT2D eigenvalue weighted by Crippen LogP contribution is 2.04. The average Bonchev–Trinajstić information content (AvgIpc) is 3.15. The summed E-state index contributed by atoms with van der Waals surface area (Å²) in [6, 6.07) is 3.49. The van der Waals surface area contributed by atoms with Crippen LogP contribution in [0.2, 0.25) is 0 Å². The number of hydrogen-bond acceptors (Lipinski definition) is 6. The van der Waals surface area contributed by atoms with Crippen molar-refractivity contribution < 1.29 is 9.59 Å². The van der Waals surface area contributed by atoms with Crippen molar-refractivity contribution in [2.24, 2.45) is 14.1 Å². The molecule has 0 amide bonds. The third-order valence-corrected chi connectivity index (χ3v) is 4.43. The molecule has 0 saturated heterocycles. The van der Waals surface area contributed by atoms with Crippen molar-refractivity contribution in [3.05, 3.63) is 57.3 Å². The normalized spacial score (nSPS) is 10.1. The first-order chi connectivity index (χ1) is 15.1. The largest absolute Gasteiger partial charge is 0.332 e. The van der Waals surface area contributed by atoms with Gasteiger partial charge in [0, 0.05) is 45.0 Å². The van der Waals surface area contributed by atoms with E-state index in [1.165, 1.54) is 35.7 Å². The molecule has 3 rings (SSSR count). The third kappa shape index (κ3) is 7.40. The highest BCUT2D eigenvalue weighted by Gasteiger charge is 2.14. The van der Waals surface area contributed by atoms with Crippen molar-refractivity contribution in [3.8, 4) is 0 Å². The summed E-state index contributed by atoms with van der Waals surface area (Å²) in [6.45, 7) is 7.63. The van der Waals surface area contributed by atoms with Crippen molar-refractivity contribution in [1.82, 2.24) is 23.7 Å². The Kier molecular flexibility index (Phi) is 11.0. The van der Waals surface area contributed by atoms with Gasteiger partial charge in [0.05, 0.1) is 6.33 Å². The van der Waals surface area contributed by atoms with Gasteiger partial charge in [-0.15, -0.1) is 0 Å². The Morgan fingerprint density at radius 3 is 2.22 bits per heavy atom. The molecule has 0 spiro atoms. The lowest BCUT2D eigenvalue weighted by Crippen LogP contribution is -2.39. The minimum atomic E-state index is -0.371. The minimum absolute atomic E-state index is 0.0584. The predicted octanol–water partition coefficient (Wildman–Crippen LogP) is 2.89. The quantitative estimate of drug-likeness (QED) is 0.428. The molecule has 0 aromatic carbocycles. The summed E-state index contributed by atoms with van der Waals surface area (Å²) in [5, 5.41) is 0. The molecule has 0 aliphatic rings. The first-order valence-corrected chi connectivity index (χ1v) is 10.7. The van der Waals surface area contributed by atoms with Gasteiger partial charge in [0.1, 0.15) is 5.78 Å². The molecular formula is C23H33N5O4. The predicted molar refractivity (Wildman–Crippen MR) is 125 cm³/mol. The molecular weight excluding hydrogens is 410 g/mol. The van der Waals surface area contributed by atoms with E-state index < -0.39 is 0 Å². The Morgan fingerprint density at radius 1 is 1.06 bits per heavy atom. The van der Waals surface area contributed by atoms with Gasteiger partial charge in [0.2, 0.25) is 0 Å². The zero-order valence-corrected chi connectivity index (χ0v) is 19.8. The van der Waals surface area contributed by atoms with Crippen LogP contribution in [0.4, 0.5) is 0 Å². The topological polar surface area (TPSA) is 109 Å². The molecule has 3 aromatic rings. The molecule has 3 heterocycles. The molecule has 174 valence electrons. The number of carbonyl (C=O) groups excluding carboxylic acids is 2. The molecule has 0 aliphatic carbocycles. The number of pyridine rings is 1. The number of aromatic nitrogens is 5. The summed E-state index contributed by atoms with van der Waals surface area (Å²) in [6.07, 6.45) is 7.75. The number of nitrogens with zero attached hydrogens (tertiary/aromatic N) is 5. The van der Waals surface area contributed by atoms with Crippen LogP contribution in [0.1, 0.15) is 63.7 Å². The van der Waals surface area contributed by atoms with Crippen molar-refractivity contribution >= 4 is 22.7 Å². The van der Waals surface area contributed by atoms with E-state index in [0.717, 1.165) is 0 Å².